The van der Waals surface area contributed by atoms with Crippen molar-refractivity contribution in [2.75, 3.05) is 46.5 Å². The van der Waals surface area contributed by atoms with Crippen molar-refractivity contribution in [2.45, 2.75) is 51.9 Å². The van der Waals surface area contributed by atoms with E-state index in [-0.39, 0.29) is 36.5 Å². The molecular formula is C25H37N3O5. The van der Waals surface area contributed by atoms with Crippen molar-refractivity contribution < 1.29 is 24.5 Å². The number of ether oxygens (including phenoxy) is 2. The van der Waals surface area contributed by atoms with Crippen LogP contribution in [0.25, 0.3) is 0 Å². The van der Waals surface area contributed by atoms with Gasteiger partial charge in [-0.1, -0.05) is 18.8 Å². The number of likely N-dealkylation sites (N-methyl/N-ethyl adjacent to an activating group) is 1. The molecule has 0 spiro atoms. The number of nitrogens with zero attached hydrogens (tertiary/aromatic N) is 3. The van der Waals surface area contributed by atoms with Gasteiger partial charge in [-0.2, -0.15) is 0 Å². The maximum absolute atomic E-state index is 13.4. The first kappa shape index (κ1) is 25.4. The van der Waals surface area contributed by atoms with Crippen LogP contribution in [0.3, 0.4) is 0 Å². The molecule has 0 saturated carbocycles. The zero-order chi connectivity index (χ0) is 24.0. The maximum Gasteiger partial charge on any atom is 0.259 e. The van der Waals surface area contributed by atoms with Gasteiger partial charge in [0.05, 0.1) is 12.6 Å². The largest absolute Gasteiger partial charge is 0.472 e. The Bertz CT molecular complexity index is 859. The van der Waals surface area contributed by atoms with E-state index in [0.29, 0.717) is 30.1 Å². The van der Waals surface area contributed by atoms with Gasteiger partial charge in [-0.15, -0.1) is 0 Å². The van der Waals surface area contributed by atoms with Gasteiger partial charge in [0.15, 0.2) is 0 Å². The van der Waals surface area contributed by atoms with E-state index in [1.807, 2.05) is 6.92 Å². The van der Waals surface area contributed by atoms with Crippen molar-refractivity contribution in [1.82, 2.24) is 14.8 Å². The molecule has 2 aliphatic heterocycles. The lowest BCUT2D eigenvalue weighted by Gasteiger charge is -2.38. The number of hydrogen-bond donors (Lipinski definition) is 2. The lowest BCUT2D eigenvalue weighted by atomic mass is 9.97. The number of aromatic nitrogens is 1. The predicted octanol–water partition coefficient (Wildman–Crippen LogP) is 1.39. The number of pyridine rings is 1. The second-order valence-corrected chi connectivity index (χ2v) is 9.42. The smallest absolute Gasteiger partial charge is 0.259 e. The Morgan fingerprint density at radius 2 is 2.03 bits per heavy atom. The number of rotatable bonds is 6. The Kier molecular flexibility index (Phi) is 9.10. The fraction of sp³-hybridized carbons (Fsp3) is 0.680. The van der Waals surface area contributed by atoms with Crippen LogP contribution in [-0.2, 0) is 4.74 Å². The van der Waals surface area contributed by atoms with Crippen molar-refractivity contribution in [3.63, 3.8) is 0 Å². The van der Waals surface area contributed by atoms with Crippen molar-refractivity contribution in [3.05, 3.63) is 23.4 Å². The fourth-order valence-electron chi connectivity index (χ4n) is 4.33. The molecule has 3 rings (SSSR count). The minimum Gasteiger partial charge on any atom is -0.472 e. The Hall–Kier alpha value is -2.18. The van der Waals surface area contributed by atoms with Crippen LogP contribution in [0.4, 0.5) is 0 Å². The summed E-state index contributed by atoms with van der Waals surface area (Å²) in [6, 6.07) is 1.33. The highest BCUT2D eigenvalue weighted by Gasteiger charge is 2.34. The molecule has 1 amide bonds. The third-order valence-electron chi connectivity index (χ3n) is 6.35. The minimum atomic E-state index is -0.777. The number of aliphatic hydroxyl groups is 2. The number of aliphatic hydroxyl groups excluding tert-OH is 2. The summed E-state index contributed by atoms with van der Waals surface area (Å²) in [6.07, 6.45) is 2.76. The third kappa shape index (κ3) is 6.90. The van der Waals surface area contributed by atoms with E-state index in [4.69, 9.17) is 9.47 Å². The lowest BCUT2D eigenvalue weighted by molar-refractivity contribution is 0.0254. The molecule has 0 unspecified atom stereocenters. The zero-order valence-corrected chi connectivity index (χ0v) is 20.2. The molecule has 3 heterocycles. The van der Waals surface area contributed by atoms with E-state index in [9.17, 15) is 15.0 Å². The number of carbonyl (C=O) groups is 1. The molecule has 1 aromatic rings. The van der Waals surface area contributed by atoms with Crippen LogP contribution >= 0.6 is 0 Å². The van der Waals surface area contributed by atoms with Crippen molar-refractivity contribution in [1.29, 1.82) is 0 Å². The first-order chi connectivity index (χ1) is 15.8. The Morgan fingerprint density at radius 3 is 2.70 bits per heavy atom. The molecule has 0 aliphatic carbocycles. The number of carbonyl (C=O) groups excluding carboxylic acids is 1. The quantitative estimate of drug-likeness (QED) is 0.621. The fourth-order valence-corrected chi connectivity index (χ4v) is 4.33. The molecule has 0 aromatic carbocycles. The number of fused-ring (bicyclic) bond motifs is 1. The van der Waals surface area contributed by atoms with Crippen molar-refractivity contribution in [3.8, 4) is 17.7 Å². The third-order valence-corrected chi connectivity index (χ3v) is 6.35. The average molecular weight is 460 g/mol. The van der Waals surface area contributed by atoms with E-state index >= 15 is 0 Å². The van der Waals surface area contributed by atoms with Crippen LogP contribution in [0, 0.1) is 23.7 Å². The van der Waals surface area contributed by atoms with Crippen LogP contribution in [0.15, 0.2) is 12.3 Å². The summed E-state index contributed by atoms with van der Waals surface area (Å²) in [5.74, 6) is 6.24. The van der Waals surface area contributed by atoms with Gasteiger partial charge in [0.25, 0.3) is 5.91 Å². The van der Waals surface area contributed by atoms with Crippen LogP contribution in [0.2, 0.25) is 0 Å². The van der Waals surface area contributed by atoms with E-state index in [0.717, 1.165) is 32.6 Å². The van der Waals surface area contributed by atoms with Crippen LogP contribution in [0.1, 0.15) is 49.5 Å². The first-order valence-electron chi connectivity index (χ1n) is 11.8. The van der Waals surface area contributed by atoms with Gasteiger partial charge in [-0.25, -0.2) is 4.98 Å². The van der Waals surface area contributed by atoms with Gasteiger partial charge in [0.1, 0.15) is 17.8 Å². The number of amides is 1. The Balaban J connectivity index is 1.86. The molecule has 2 aliphatic rings. The molecule has 2 N–H and O–H groups in total. The molecule has 182 valence electrons. The zero-order valence-electron chi connectivity index (χ0n) is 20.2. The minimum absolute atomic E-state index is 0.0461. The average Bonchev–Trinajstić information content (AvgIpc) is 2.80. The van der Waals surface area contributed by atoms with E-state index < -0.39 is 6.10 Å². The molecule has 0 bridgehead atoms. The highest BCUT2D eigenvalue weighted by Crippen LogP contribution is 2.27. The Labute approximate surface area is 196 Å². The molecule has 1 aromatic heterocycles. The molecule has 8 nitrogen and oxygen atoms in total. The van der Waals surface area contributed by atoms with Crippen molar-refractivity contribution in [2.24, 2.45) is 11.8 Å². The normalized spacial score (nSPS) is 23.6. The molecular weight excluding hydrogens is 422 g/mol. The molecule has 1 fully saturated rings. The second-order valence-electron chi connectivity index (χ2n) is 9.42. The van der Waals surface area contributed by atoms with Gasteiger partial charge in [0, 0.05) is 50.5 Å². The monoisotopic (exact) mass is 459 g/mol. The molecule has 4 atom stereocenters. The predicted molar refractivity (Wildman–Crippen MR) is 125 cm³/mol. The standard InChI is InChI=1S/C25H37N3O5/c1-17-13-28(18(2)16-29)25(31)22-11-21(6-5-19(3)30)12-26-24(22)33-23(17)15-27(4)14-20-7-9-32-10-8-20/h11-12,17-20,23,29-30H,7-10,13-16H2,1-4H3/t17-,18-,19-,23-/m1/s1. The molecule has 1 saturated heterocycles. The van der Waals surface area contributed by atoms with E-state index in [1.54, 1.807) is 24.1 Å². The molecule has 0 radical (unpaired) electrons. The molecule has 8 heteroatoms. The van der Waals surface area contributed by atoms with Crippen LogP contribution in [-0.4, -0.2) is 95.7 Å². The van der Waals surface area contributed by atoms with Gasteiger partial charge in [-0.05, 0) is 45.7 Å². The second kappa shape index (κ2) is 11.8. The highest BCUT2D eigenvalue weighted by molar-refractivity contribution is 5.97. The summed E-state index contributed by atoms with van der Waals surface area (Å²) in [5, 5.41) is 19.3. The summed E-state index contributed by atoms with van der Waals surface area (Å²) < 4.78 is 11.8. The summed E-state index contributed by atoms with van der Waals surface area (Å²) >= 11 is 0. The topological polar surface area (TPSA) is 95.4 Å². The summed E-state index contributed by atoms with van der Waals surface area (Å²) in [5.41, 5.74) is 0.863. The van der Waals surface area contributed by atoms with Gasteiger partial charge >= 0.3 is 0 Å². The van der Waals surface area contributed by atoms with Gasteiger partial charge in [-0.3, -0.25) is 4.79 Å². The highest BCUT2D eigenvalue weighted by atomic mass is 16.5. The summed E-state index contributed by atoms with van der Waals surface area (Å²) in [7, 11) is 2.10. The van der Waals surface area contributed by atoms with Crippen LogP contribution in [0.5, 0.6) is 5.88 Å². The summed E-state index contributed by atoms with van der Waals surface area (Å²) in [4.78, 5) is 21.8. The summed E-state index contributed by atoms with van der Waals surface area (Å²) in [6.45, 7) is 9.16. The van der Waals surface area contributed by atoms with Gasteiger partial charge in [0.2, 0.25) is 5.88 Å². The SMILES string of the molecule is C[C@@H]1CN([C@H](C)CO)C(=O)c2cc(C#C[C@@H](C)O)cnc2O[C@@H]1CN(C)CC1CCOCC1. The number of hydrogen-bond acceptors (Lipinski definition) is 7. The maximum atomic E-state index is 13.4. The van der Waals surface area contributed by atoms with E-state index in [2.05, 4.69) is 35.7 Å². The van der Waals surface area contributed by atoms with Gasteiger partial charge < -0.3 is 29.5 Å². The first-order valence-corrected chi connectivity index (χ1v) is 11.8. The van der Waals surface area contributed by atoms with Crippen LogP contribution < -0.4 is 4.74 Å². The Morgan fingerprint density at radius 1 is 1.30 bits per heavy atom. The van der Waals surface area contributed by atoms with Crippen molar-refractivity contribution >= 4 is 5.91 Å². The molecule has 33 heavy (non-hydrogen) atoms. The lowest BCUT2D eigenvalue weighted by Crippen LogP contribution is -2.50. The van der Waals surface area contributed by atoms with E-state index in [1.165, 1.54) is 0 Å².